The quantitative estimate of drug-likeness (QED) is 0.940. The van der Waals surface area contributed by atoms with Gasteiger partial charge in [0.1, 0.15) is 11.3 Å². The zero-order chi connectivity index (χ0) is 14.1. The van der Waals surface area contributed by atoms with Gasteiger partial charge in [0.2, 0.25) is 0 Å². The summed E-state index contributed by atoms with van der Waals surface area (Å²) in [5.74, 6) is 1.74. The van der Waals surface area contributed by atoms with Crippen LogP contribution in [0.15, 0.2) is 18.3 Å². The molecule has 2 aromatic heterocycles. The number of hydrogen-bond acceptors (Lipinski definition) is 4. The van der Waals surface area contributed by atoms with E-state index in [0.29, 0.717) is 12.0 Å². The van der Waals surface area contributed by atoms with Gasteiger partial charge < -0.3 is 14.6 Å². The Bertz CT molecular complexity index is 612. The van der Waals surface area contributed by atoms with Crippen LogP contribution in [0.2, 0.25) is 0 Å². The highest BCUT2D eigenvalue weighted by Gasteiger charge is 2.25. The standard InChI is InChI=1S/C16H22N4O/c1-5-13(17-7-1)16-19-14-6-2-8-18-15(14)20(16)10-12-4-3-9-21-11-12/h2,6,8,12-13,17H,1,3-5,7,9-11H2. The molecule has 112 valence electrons. The van der Waals surface area contributed by atoms with Crippen molar-refractivity contribution in [3.05, 3.63) is 24.2 Å². The van der Waals surface area contributed by atoms with E-state index in [1.54, 1.807) is 0 Å². The van der Waals surface area contributed by atoms with Gasteiger partial charge in [0.15, 0.2) is 5.65 Å². The van der Waals surface area contributed by atoms with Crippen LogP contribution in [0, 0.1) is 5.92 Å². The van der Waals surface area contributed by atoms with Crippen molar-refractivity contribution in [2.24, 2.45) is 5.92 Å². The van der Waals surface area contributed by atoms with Crippen molar-refractivity contribution < 1.29 is 4.74 Å². The first-order valence-corrected chi connectivity index (χ1v) is 8.04. The van der Waals surface area contributed by atoms with Crippen molar-refractivity contribution in [1.82, 2.24) is 19.9 Å². The van der Waals surface area contributed by atoms with E-state index < -0.39 is 0 Å². The molecule has 0 bridgehead atoms. The minimum atomic E-state index is 0.378. The van der Waals surface area contributed by atoms with Crippen LogP contribution >= 0.6 is 0 Å². The maximum absolute atomic E-state index is 5.64. The van der Waals surface area contributed by atoms with Gasteiger partial charge in [-0.15, -0.1) is 0 Å². The van der Waals surface area contributed by atoms with Gasteiger partial charge in [-0.3, -0.25) is 0 Å². The lowest BCUT2D eigenvalue weighted by Crippen LogP contribution is -2.25. The second kappa shape index (κ2) is 5.73. The second-order valence-electron chi connectivity index (χ2n) is 6.16. The summed E-state index contributed by atoms with van der Waals surface area (Å²) in [5.41, 5.74) is 2.03. The molecule has 21 heavy (non-hydrogen) atoms. The molecule has 5 heteroatoms. The van der Waals surface area contributed by atoms with E-state index >= 15 is 0 Å². The van der Waals surface area contributed by atoms with Crippen molar-refractivity contribution in [3.63, 3.8) is 0 Å². The lowest BCUT2D eigenvalue weighted by atomic mass is 10.0. The molecule has 2 aliphatic heterocycles. The molecular weight excluding hydrogens is 264 g/mol. The van der Waals surface area contributed by atoms with Crippen LogP contribution in [0.5, 0.6) is 0 Å². The Balaban J connectivity index is 1.70. The molecule has 2 atom stereocenters. The zero-order valence-electron chi connectivity index (χ0n) is 12.3. The van der Waals surface area contributed by atoms with Crippen molar-refractivity contribution in [2.75, 3.05) is 19.8 Å². The van der Waals surface area contributed by atoms with Gasteiger partial charge in [0.25, 0.3) is 0 Å². The third-order valence-corrected chi connectivity index (χ3v) is 4.60. The number of hydrogen-bond donors (Lipinski definition) is 1. The van der Waals surface area contributed by atoms with Gasteiger partial charge >= 0.3 is 0 Å². The van der Waals surface area contributed by atoms with Crippen molar-refractivity contribution in [3.8, 4) is 0 Å². The number of fused-ring (bicyclic) bond motifs is 1. The normalized spacial score (nSPS) is 26.5. The molecule has 0 saturated carbocycles. The fourth-order valence-corrected chi connectivity index (χ4v) is 3.54. The highest BCUT2D eigenvalue weighted by Crippen LogP contribution is 2.27. The smallest absolute Gasteiger partial charge is 0.160 e. The van der Waals surface area contributed by atoms with E-state index in [1.165, 1.54) is 25.7 Å². The Morgan fingerprint density at radius 3 is 3.14 bits per heavy atom. The second-order valence-corrected chi connectivity index (χ2v) is 6.16. The number of nitrogens with one attached hydrogen (secondary N) is 1. The van der Waals surface area contributed by atoms with E-state index in [1.807, 2.05) is 12.3 Å². The Kier molecular flexibility index (Phi) is 3.61. The summed E-state index contributed by atoms with van der Waals surface area (Å²) in [6.45, 7) is 3.84. The molecule has 5 nitrogen and oxygen atoms in total. The molecule has 0 aliphatic carbocycles. The summed E-state index contributed by atoms with van der Waals surface area (Å²) >= 11 is 0. The largest absolute Gasteiger partial charge is 0.381 e. The van der Waals surface area contributed by atoms with Crippen molar-refractivity contribution >= 4 is 11.2 Å². The number of pyridine rings is 1. The topological polar surface area (TPSA) is 52.0 Å². The predicted octanol–water partition coefficient (Wildman–Crippen LogP) is 2.28. The van der Waals surface area contributed by atoms with Gasteiger partial charge in [0.05, 0.1) is 12.6 Å². The molecule has 2 aromatic rings. The minimum Gasteiger partial charge on any atom is -0.381 e. The van der Waals surface area contributed by atoms with Gasteiger partial charge in [-0.05, 0) is 44.4 Å². The SMILES string of the molecule is c1cnc2c(c1)nc(C1CCCN1)n2CC1CCCOC1. The van der Waals surface area contributed by atoms with E-state index in [0.717, 1.165) is 43.3 Å². The summed E-state index contributed by atoms with van der Waals surface area (Å²) in [7, 11) is 0. The molecule has 2 unspecified atom stereocenters. The number of aromatic nitrogens is 3. The number of ether oxygens (including phenoxy) is 1. The zero-order valence-corrected chi connectivity index (χ0v) is 12.3. The third-order valence-electron chi connectivity index (χ3n) is 4.60. The summed E-state index contributed by atoms with van der Waals surface area (Å²) in [6.07, 6.45) is 6.67. The van der Waals surface area contributed by atoms with Crippen LogP contribution in [0.4, 0.5) is 0 Å². The van der Waals surface area contributed by atoms with Crippen LogP contribution < -0.4 is 5.32 Å². The number of imidazole rings is 1. The van der Waals surface area contributed by atoms with Crippen LogP contribution in [0.3, 0.4) is 0 Å². The molecule has 1 N–H and O–H groups in total. The van der Waals surface area contributed by atoms with E-state index in [-0.39, 0.29) is 0 Å². The maximum atomic E-state index is 5.64. The maximum Gasteiger partial charge on any atom is 0.160 e. The van der Waals surface area contributed by atoms with Crippen LogP contribution in [-0.4, -0.2) is 34.3 Å². The molecule has 0 spiro atoms. The highest BCUT2D eigenvalue weighted by molar-refractivity contribution is 5.71. The van der Waals surface area contributed by atoms with Gasteiger partial charge in [-0.2, -0.15) is 0 Å². The first kappa shape index (κ1) is 13.2. The monoisotopic (exact) mass is 286 g/mol. The third kappa shape index (κ3) is 2.56. The molecular formula is C16H22N4O. The van der Waals surface area contributed by atoms with Gasteiger partial charge in [0, 0.05) is 25.3 Å². The molecule has 4 rings (SSSR count). The predicted molar refractivity (Wildman–Crippen MR) is 81.0 cm³/mol. The summed E-state index contributed by atoms with van der Waals surface area (Å²) in [6, 6.07) is 4.41. The van der Waals surface area contributed by atoms with E-state index in [9.17, 15) is 0 Å². The molecule has 0 radical (unpaired) electrons. The summed E-state index contributed by atoms with van der Waals surface area (Å²) in [4.78, 5) is 9.43. The molecule has 2 fully saturated rings. The average molecular weight is 286 g/mol. The average Bonchev–Trinajstić information content (AvgIpc) is 3.16. The lowest BCUT2D eigenvalue weighted by molar-refractivity contribution is 0.0483. The van der Waals surface area contributed by atoms with Gasteiger partial charge in [-0.25, -0.2) is 9.97 Å². The Morgan fingerprint density at radius 1 is 1.33 bits per heavy atom. The summed E-state index contributed by atoms with van der Waals surface area (Å²) < 4.78 is 7.97. The van der Waals surface area contributed by atoms with Crippen LogP contribution in [0.25, 0.3) is 11.2 Å². The fraction of sp³-hybridized carbons (Fsp3) is 0.625. The molecule has 0 amide bonds. The molecule has 0 aromatic carbocycles. The fourth-order valence-electron chi connectivity index (χ4n) is 3.54. The Labute approximate surface area is 124 Å². The minimum absolute atomic E-state index is 0.378. The molecule has 4 heterocycles. The Hall–Kier alpha value is -1.46. The first-order chi connectivity index (χ1) is 10.4. The lowest BCUT2D eigenvalue weighted by Gasteiger charge is -2.24. The number of nitrogens with zero attached hydrogens (tertiary/aromatic N) is 3. The van der Waals surface area contributed by atoms with Crippen molar-refractivity contribution in [2.45, 2.75) is 38.3 Å². The molecule has 2 saturated heterocycles. The van der Waals surface area contributed by atoms with Crippen LogP contribution in [-0.2, 0) is 11.3 Å². The van der Waals surface area contributed by atoms with Crippen LogP contribution in [0.1, 0.15) is 37.5 Å². The first-order valence-electron chi connectivity index (χ1n) is 8.04. The Morgan fingerprint density at radius 2 is 2.33 bits per heavy atom. The number of rotatable bonds is 3. The van der Waals surface area contributed by atoms with Crippen molar-refractivity contribution in [1.29, 1.82) is 0 Å². The van der Waals surface area contributed by atoms with Gasteiger partial charge in [-0.1, -0.05) is 0 Å². The van der Waals surface area contributed by atoms with E-state index in [2.05, 4.69) is 20.9 Å². The highest BCUT2D eigenvalue weighted by atomic mass is 16.5. The summed E-state index contributed by atoms with van der Waals surface area (Å²) in [5, 5.41) is 3.57. The van der Waals surface area contributed by atoms with E-state index in [4.69, 9.17) is 9.72 Å². The molecule has 2 aliphatic rings.